The summed E-state index contributed by atoms with van der Waals surface area (Å²) in [6, 6.07) is 18.4. The molecule has 4 aliphatic carbocycles. The fourth-order valence-corrected chi connectivity index (χ4v) is 7.83. The van der Waals surface area contributed by atoms with Crippen LogP contribution in [0.15, 0.2) is 54.6 Å². The summed E-state index contributed by atoms with van der Waals surface area (Å²) in [5.74, 6) is 4.02. The average molecular weight is 463 g/mol. The van der Waals surface area contributed by atoms with E-state index < -0.39 is 10.1 Å². The van der Waals surface area contributed by atoms with E-state index >= 15 is 0 Å². The van der Waals surface area contributed by atoms with Crippen molar-refractivity contribution in [1.82, 2.24) is 0 Å². The summed E-state index contributed by atoms with van der Waals surface area (Å²) in [7, 11) is -1.74. The maximum atomic E-state index is 11.5. The highest BCUT2D eigenvalue weighted by molar-refractivity contribution is 7.86. The summed E-state index contributed by atoms with van der Waals surface area (Å²) >= 11 is 0. The van der Waals surface area contributed by atoms with E-state index in [0.717, 1.165) is 46.1 Å². The van der Waals surface area contributed by atoms with Crippen LogP contribution in [0.4, 0.5) is 0 Å². The number of benzene rings is 3. The van der Waals surface area contributed by atoms with Crippen LogP contribution in [-0.2, 0) is 15.5 Å². The number of hydrogen-bond donors (Lipinski definition) is 0. The molecule has 3 aromatic carbocycles. The summed E-state index contributed by atoms with van der Waals surface area (Å²) in [5.41, 5.74) is 4.04. The van der Waals surface area contributed by atoms with E-state index in [2.05, 4.69) is 30.3 Å². The molecule has 0 aromatic heterocycles. The molecule has 3 aromatic rings. The van der Waals surface area contributed by atoms with Gasteiger partial charge in [-0.3, -0.25) is 0 Å². The molecule has 33 heavy (non-hydrogen) atoms. The molecule has 4 nitrogen and oxygen atoms in total. The normalized spacial score (nSPS) is 28.2. The van der Waals surface area contributed by atoms with Crippen LogP contribution >= 0.6 is 0 Å². The molecule has 0 heterocycles. The van der Waals surface area contributed by atoms with Gasteiger partial charge in [-0.25, -0.2) is 0 Å². The Morgan fingerprint density at radius 2 is 1.36 bits per heavy atom. The van der Waals surface area contributed by atoms with Crippen molar-refractivity contribution in [2.75, 3.05) is 13.4 Å². The smallest absolute Gasteiger partial charge is 0.306 e. The standard InChI is InChI=1S/C28H30O4S/c1-31-27-8-6-24(14-26(27)28-15-18-9-19(16-28)11-20(10-18)17-28)21-3-4-23-13-25(32-33(2,29)30)7-5-22(23)12-21/h3-8,12-14,18-20H,9-11,15-17H2,1-2H3. The Kier molecular flexibility index (Phi) is 4.77. The van der Waals surface area contributed by atoms with Gasteiger partial charge in [0.15, 0.2) is 0 Å². The van der Waals surface area contributed by atoms with Crippen molar-refractivity contribution in [3.05, 3.63) is 60.2 Å². The van der Waals surface area contributed by atoms with E-state index in [0.29, 0.717) is 5.75 Å². The summed E-state index contributed by atoms with van der Waals surface area (Å²) in [5, 5.41) is 2.01. The van der Waals surface area contributed by atoms with Crippen LogP contribution in [0.3, 0.4) is 0 Å². The zero-order valence-corrected chi connectivity index (χ0v) is 20.0. The average Bonchev–Trinajstić information content (AvgIpc) is 2.76. The third-order valence-electron chi connectivity index (χ3n) is 8.20. The van der Waals surface area contributed by atoms with E-state index in [1.54, 1.807) is 19.2 Å². The predicted octanol–water partition coefficient (Wildman–Crippen LogP) is 6.32. The second-order valence-corrected chi connectivity index (χ2v) is 12.2. The van der Waals surface area contributed by atoms with Gasteiger partial charge in [-0.05, 0) is 114 Å². The highest BCUT2D eigenvalue weighted by atomic mass is 32.2. The lowest BCUT2D eigenvalue weighted by atomic mass is 9.48. The molecule has 5 heteroatoms. The fourth-order valence-electron chi connectivity index (χ4n) is 7.37. The molecular weight excluding hydrogens is 432 g/mol. The zero-order valence-electron chi connectivity index (χ0n) is 19.2. The molecule has 0 amide bonds. The second kappa shape index (κ2) is 7.49. The molecule has 0 saturated heterocycles. The summed E-state index contributed by atoms with van der Waals surface area (Å²) < 4.78 is 33.8. The molecule has 4 fully saturated rings. The third kappa shape index (κ3) is 3.80. The molecular formula is C28H30O4S. The number of rotatable bonds is 5. The van der Waals surface area contributed by atoms with Gasteiger partial charge in [0.1, 0.15) is 11.5 Å². The van der Waals surface area contributed by atoms with Gasteiger partial charge < -0.3 is 8.92 Å². The van der Waals surface area contributed by atoms with Crippen molar-refractivity contribution in [2.24, 2.45) is 17.8 Å². The van der Waals surface area contributed by atoms with E-state index in [-0.39, 0.29) is 5.41 Å². The van der Waals surface area contributed by atoms with Gasteiger partial charge in [0.25, 0.3) is 0 Å². The molecule has 4 saturated carbocycles. The molecule has 172 valence electrons. The molecule has 0 atom stereocenters. The summed E-state index contributed by atoms with van der Waals surface area (Å²) in [4.78, 5) is 0. The van der Waals surface area contributed by atoms with Crippen LogP contribution in [-0.4, -0.2) is 21.8 Å². The van der Waals surface area contributed by atoms with Crippen LogP contribution in [0, 0.1) is 17.8 Å². The third-order valence-corrected chi connectivity index (χ3v) is 8.70. The lowest BCUT2D eigenvalue weighted by Gasteiger charge is -2.57. The first-order chi connectivity index (χ1) is 15.8. The molecule has 0 aliphatic heterocycles. The van der Waals surface area contributed by atoms with Crippen molar-refractivity contribution in [1.29, 1.82) is 0 Å². The molecule has 0 spiro atoms. The Hall–Kier alpha value is -2.53. The Labute approximate surface area is 196 Å². The largest absolute Gasteiger partial charge is 0.496 e. The van der Waals surface area contributed by atoms with Gasteiger partial charge >= 0.3 is 10.1 Å². The minimum Gasteiger partial charge on any atom is -0.496 e. The first kappa shape index (κ1) is 21.0. The van der Waals surface area contributed by atoms with Crippen LogP contribution < -0.4 is 8.92 Å². The summed E-state index contributed by atoms with van der Waals surface area (Å²) in [6.45, 7) is 0. The van der Waals surface area contributed by atoms with Crippen molar-refractivity contribution in [3.63, 3.8) is 0 Å². The van der Waals surface area contributed by atoms with E-state index in [9.17, 15) is 8.42 Å². The van der Waals surface area contributed by atoms with Gasteiger partial charge in [-0.15, -0.1) is 0 Å². The van der Waals surface area contributed by atoms with E-state index in [1.807, 2.05) is 12.1 Å². The monoisotopic (exact) mass is 462 g/mol. The molecule has 0 radical (unpaired) electrons. The van der Waals surface area contributed by atoms with Crippen molar-refractivity contribution in [2.45, 2.75) is 43.9 Å². The van der Waals surface area contributed by atoms with E-state index in [4.69, 9.17) is 8.92 Å². The molecule has 7 rings (SSSR count). The Balaban J connectivity index is 1.39. The molecule has 0 unspecified atom stereocenters. The highest BCUT2D eigenvalue weighted by Gasteiger charge is 2.52. The fraction of sp³-hybridized carbons (Fsp3) is 0.429. The topological polar surface area (TPSA) is 52.6 Å². The van der Waals surface area contributed by atoms with Crippen LogP contribution in [0.2, 0.25) is 0 Å². The van der Waals surface area contributed by atoms with Crippen molar-refractivity contribution in [3.8, 4) is 22.6 Å². The molecule has 4 bridgehead atoms. The number of ether oxygens (including phenoxy) is 1. The van der Waals surface area contributed by atoms with Gasteiger partial charge in [0, 0.05) is 5.56 Å². The van der Waals surface area contributed by atoms with Gasteiger partial charge in [-0.1, -0.05) is 24.3 Å². The van der Waals surface area contributed by atoms with Crippen LogP contribution in [0.5, 0.6) is 11.5 Å². The SMILES string of the molecule is COc1ccc(-c2ccc3cc(OS(C)(=O)=O)ccc3c2)cc1C12CC3CC(CC(C3)C1)C2. The van der Waals surface area contributed by atoms with Crippen molar-refractivity contribution < 1.29 is 17.3 Å². The van der Waals surface area contributed by atoms with Gasteiger partial charge in [-0.2, -0.15) is 8.42 Å². The highest BCUT2D eigenvalue weighted by Crippen LogP contribution is 2.62. The zero-order chi connectivity index (χ0) is 22.8. The van der Waals surface area contributed by atoms with Crippen LogP contribution in [0.1, 0.15) is 44.1 Å². The number of fused-ring (bicyclic) bond motifs is 1. The maximum Gasteiger partial charge on any atom is 0.306 e. The molecule has 4 aliphatic rings. The van der Waals surface area contributed by atoms with Gasteiger partial charge in [0.2, 0.25) is 0 Å². The quantitative estimate of drug-likeness (QED) is 0.416. The Morgan fingerprint density at radius 3 is 2.00 bits per heavy atom. The minimum atomic E-state index is -3.54. The van der Waals surface area contributed by atoms with Gasteiger partial charge in [0.05, 0.1) is 13.4 Å². The van der Waals surface area contributed by atoms with E-state index in [1.165, 1.54) is 49.7 Å². The number of hydrogen-bond acceptors (Lipinski definition) is 4. The lowest BCUT2D eigenvalue weighted by molar-refractivity contribution is -0.00613. The number of methoxy groups -OCH3 is 1. The Bertz CT molecular complexity index is 1310. The minimum absolute atomic E-state index is 0.269. The Morgan fingerprint density at radius 1 is 0.788 bits per heavy atom. The first-order valence-corrected chi connectivity index (χ1v) is 13.7. The first-order valence-electron chi connectivity index (χ1n) is 11.9. The van der Waals surface area contributed by atoms with Crippen LogP contribution in [0.25, 0.3) is 21.9 Å². The second-order valence-electron chi connectivity index (χ2n) is 10.6. The summed E-state index contributed by atoms with van der Waals surface area (Å²) in [6.07, 6.45) is 9.26. The lowest BCUT2D eigenvalue weighted by Crippen LogP contribution is -2.48. The predicted molar refractivity (Wildman–Crippen MR) is 131 cm³/mol. The molecule has 0 N–H and O–H groups in total. The maximum absolute atomic E-state index is 11.5. The van der Waals surface area contributed by atoms with Crippen molar-refractivity contribution >= 4 is 20.9 Å².